The van der Waals surface area contributed by atoms with Gasteiger partial charge in [0.25, 0.3) is 0 Å². The van der Waals surface area contributed by atoms with E-state index < -0.39 is 0 Å². The topological polar surface area (TPSA) is 34.9 Å². The Hall–Kier alpha value is -0.640. The number of aryl methyl sites for hydroxylation is 2. The molecule has 1 heterocycles. The number of nitrogens with zero attached hydrogens (tertiary/aromatic N) is 2. The molecule has 1 aromatic heterocycles. The molecule has 0 saturated heterocycles. The standard InChI is InChI=1S/C12H17BrN2O/c1-3-9-12(13)10(15(4-2)14-9)7-11(16)8-5-6-8/h8H,3-7H2,1-2H3. The highest BCUT2D eigenvalue weighted by Crippen LogP contribution is 2.32. The van der Waals surface area contributed by atoms with Crippen LogP contribution in [0.4, 0.5) is 0 Å². The maximum Gasteiger partial charge on any atom is 0.141 e. The molecule has 0 bridgehead atoms. The minimum absolute atomic E-state index is 0.331. The van der Waals surface area contributed by atoms with Gasteiger partial charge in [0.2, 0.25) is 0 Å². The van der Waals surface area contributed by atoms with Gasteiger partial charge in [0.15, 0.2) is 0 Å². The lowest BCUT2D eigenvalue weighted by Gasteiger charge is -2.03. The SMILES string of the molecule is CCc1nn(CC)c(CC(=O)C2CC2)c1Br. The fourth-order valence-corrected chi connectivity index (χ4v) is 2.61. The number of Topliss-reactive ketones (excluding diaryl/α,β-unsaturated/α-hetero) is 1. The fraction of sp³-hybridized carbons (Fsp3) is 0.667. The molecule has 88 valence electrons. The summed E-state index contributed by atoms with van der Waals surface area (Å²) in [4.78, 5) is 11.8. The molecule has 0 aliphatic heterocycles. The molecule has 0 amide bonds. The average molecular weight is 285 g/mol. The highest BCUT2D eigenvalue weighted by Gasteiger charge is 2.30. The molecule has 1 aliphatic rings. The lowest BCUT2D eigenvalue weighted by molar-refractivity contribution is -0.119. The van der Waals surface area contributed by atoms with Gasteiger partial charge < -0.3 is 0 Å². The predicted molar refractivity (Wildman–Crippen MR) is 66.4 cm³/mol. The number of hydrogen-bond donors (Lipinski definition) is 0. The van der Waals surface area contributed by atoms with Crippen molar-refractivity contribution in [1.82, 2.24) is 9.78 Å². The van der Waals surface area contributed by atoms with E-state index >= 15 is 0 Å². The minimum Gasteiger partial charge on any atom is -0.299 e. The Morgan fingerprint density at radius 3 is 2.69 bits per heavy atom. The summed E-state index contributed by atoms with van der Waals surface area (Å²) in [6.45, 7) is 4.97. The summed E-state index contributed by atoms with van der Waals surface area (Å²) in [5, 5.41) is 4.50. The predicted octanol–water partition coefficient (Wildman–Crippen LogP) is 2.75. The van der Waals surface area contributed by atoms with Gasteiger partial charge in [0.1, 0.15) is 5.78 Å². The molecule has 2 rings (SSSR count). The number of carbonyl (C=O) groups is 1. The Bertz CT molecular complexity index is 407. The summed E-state index contributed by atoms with van der Waals surface area (Å²) in [6, 6.07) is 0. The van der Waals surface area contributed by atoms with E-state index in [1.54, 1.807) is 0 Å². The largest absolute Gasteiger partial charge is 0.299 e. The first-order valence-electron chi connectivity index (χ1n) is 5.94. The third-order valence-corrected chi connectivity index (χ3v) is 3.98. The van der Waals surface area contributed by atoms with Crippen molar-refractivity contribution in [3.05, 3.63) is 15.9 Å². The normalized spacial score (nSPS) is 15.4. The number of carbonyl (C=O) groups excluding carboxylic acids is 1. The van der Waals surface area contributed by atoms with Gasteiger partial charge in [0, 0.05) is 18.9 Å². The highest BCUT2D eigenvalue weighted by atomic mass is 79.9. The highest BCUT2D eigenvalue weighted by molar-refractivity contribution is 9.10. The summed E-state index contributed by atoms with van der Waals surface area (Å²) >= 11 is 3.57. The lowest BCUT2D eigenvalue weighted by Crippen LogP contribution is -2.11. The third-order valence-electron chi connectivity index (χ3n) is 3.07. The van der Waals surface area contributed by atoms with Crippen LogP contribution in [0.1, 0.15) is 38.1 Å². The zero-order valence-corrected chi connectivity index (χ0v) is 11.4. The molecule has 3 nitrogen and oxygen atoms in total. The van der Waals surface area contributed by atoms with Crippen molar-refractivity contribution in [2.75, 3.05) is 0 Å². The van der Waals surface area contributed by atoms with Crippen molar-refractivity contribution in [3.63, 3.8) is 0 Å². The fourth-order valence-electron chi connectivity index (χ4n) is 1.90. The second kappa shape index (κ2) is 4.70. The van der Waals surface area contributed by atoms with E-state index in [9.17, 15) is 4.79 Å². The van der Waals surface area contributed by atoms with Crippen LogP contribution < -0.4 is 0 Å². The molecule has 0 atom stereocenters. The molecule has 1 aromatic rings. The van der Waals surface area contributed by atoms with Crippen LogP contribution in [0, 0.1) is 5.92 Å². The summed E-state index contributed by atoms with van der Waals surface area (Å²) in [5.74, 6) is 0.704. The molecule has 0 aromatic carbocycles. The van der Waals surface area contributed by atoms with Crippen molar-refractivity contribution >= 4 is 21.7 Å². The van der Waals surface area contributed by atoms with E-state index in [-0.39, 0.29) is 0 Å². The Morgan fingerprint density at radius 2 is 2.19 bits per heavy atom. The van der Waals surface area contributed by atoms with Gasteiger partial charge in [-0.25, -0.2) is 0 Å². The number of ketones is 1. The van der Waals surface area contributed by atoms with Gasteiger partial charge in [0.05, 0.1) is 15.9 Å². The molecule has 16 heavy (non-hydrogen) atoms. The third kappa shape index (κ3) is 2.21. The maximum absolute atomic E-state index is 11.8. The van der Waals surface area contributed by atoms with Gasteiger partial charge in [-0.15, -0.1) is 0 Å². The zero-order chi connectivity index (χ0) is 11.7. The molecular formula is C12H17BrN2O. The molecule has 4 heteroatoms. The van der Waals surface area contributed by atoms with Crippen LogP contribution in [0.15, 0.2) is 4.47 Å². The number of halogens is 1. The van der Waals surface area contributed by atoms with Crippen LogP contribution >= 0.6 is 15.9 Å². The molecule has 0 radical (unpaired) electrons. The van der Waals surface area contributed by atoms with Crippen molar-refractivity contribution < 1.29 is 4.79 Å². The molecule has 1 saturated carbocycles. The summed E-state index contributed by atoms with van der Waals surface area (Å²) < 4.78 is 2.98. The first-order chi connectivity index (χ1) is 7.67. The van der Waals surface area contributed by atoms with E-state index in [1.807, 2.05) is 4.68 Å². The molecule has 1 aliphatic carbocycles. The smallest absolute Gasteiger partial charge is 0.141 e. The Morgan fingerprint density at radius 1 is 1.50 bits per heavy atom. The second-order valence-electron chi connectivity index (χ2n) is 4.29. The van der Waals surface area contributed by atoms with Gasteiger partial charge in [-0.3, -0.25) is 9.48 Å². The van der Waals surface area contributed by atoms with Crippen molar-refractivity contribution in [1.29, 1.82) is 0 Å². The molecular weight excluding hydrogens is 268 g/mol. The summed E-state index contributed by atoms with van der Waals surface area (Å²) in [6.07, 6.45) is 3.60. The Labute approximate surface area is 104 Å². The number of hydrogen-bond acceptors (Lipinski definition) is 2. The Kier molecular flexibility index (Phi) is 3.47. The van der Waals surface area contributed by atoms with E-state index in [0.717, 1.165) is 41.7 Å². The van der Waals surface area contributed by atoms with Gasteiger partial charge in [-0.1, -0.05) is 6.92 Å². The lowest BCUT2D eigenvalue weighted by atomic mass is 10.1. The minimum atomic E-state index is 0.331. The van der Waals surface area contributed by atoms with Gasteiger partial charge >= 0.3 is 0 Å². The zero-order valence-electron chi connectivity index (χ0n) is 9.79. The van der Waals surface area contributed by atoms with Crippen LogP contribution in [0.5, 0.6) is 0 Å². The molecule has 0 N–H and O–H groups in total. The molecule has 0 spiro atoms. The monoisotopic (exact) mass is 284 g/mol. The van der Waals surface area contributed by atoms with E-state index in [2.05, 4.69) is 34.9 Å². The van der Waals surface area contributed by atoms with Crippen LogP contribution in [-0.2, 0) is 24.2 Å². The number of rotatable bonds is 5. The van der Waals surface area contributed by atoms with Gasteiger partial charge in [-0.05, 0) is 42.1 Å². The first-order valence-corrected chi connectivity index (χ1v) is 6.73. The van der Waals surface area contributed by atoms with Crippen LogP contribution in [0.2, 0.25) is 0 Å². The number of aromatic nitrogens is 2. The quantitative estimate of drug-likeness (QED) is 0.833. The molecule has 1 fully saturated rings. The average Bonchev–Trinajstić information content (AvgIpc) is 3.07. The van der Waals surface area contributed by atoms with E-state index in [0.29, 0.717) is 18.1 Å². The van der Waals surface area contributed by atoms with Crippen LogP contribution in [-0.4, -0.2) is 15.6 Å². The Balaban J connectivity index is 2.23. The summed E-state index contributed by atoms with van der Waals surface area (Å²) in [5.41, 5.74) is 2.11. The van der Waals surface area contributed by atoms with Crippen molar-refractivity contribution in [3.8, 4) is 0 Å². The second-order valence-corrected chi connectivity index (χ2v) is 5.09. The van der Waals surface area contributed by atoms with Gasteiger partial charge in [-0.2, -0.15) is 5.10 Å². The van der Waals surface area contributed by atoms with Crippen molar-refractivity contribution in [2.24, 2.45) is 5.92 Å². The van der Waals surface area contributed by atoms with E-state index in [1.165, 1.54) is 0 Å². The first kappa shape index (κ1) is 11.8. The maximum atomic E-state index is 11.8. The molecule has 0 unspecified atom stereocenters. The summed E-state index contributed by atoms with van der Waals surface area (Å²) in [7, 11) is 0. The van der Waals surface area contributed by atoms with Crippen molar-refractivity contribution in [2.45, 2.75) is 46.1 Å². The van der Waals surface area contributed by atoms with Crippen LogP contribution in [0.25, 0.3) is 0 Å². The van der Waals surface area contributed by atoms with E-state index in [4.69, 9.17) is 0 Å². The van der Waals surface area contributed by atoms with Crippen LogP contribution in [0.3, 0.4) is 0 Å².